The highest BCUT2D eigenvalue weighted by molar-refractivity contribution is 8.77. The van der Waals surface area contributed by atoms with Crippen LogP contribution >= 0.6 is 43.2 Å². The Hall–Kier alpha value is -2.11. The molecular formula is C24H29N3O8S5. The van der Waals surface area contributed by atoms with E-state index in [1.165, 1.54) is 43.2 Å². The molecule has 11 nitrogen and oxygen atoms in total. The number of carbonyl (C=O) groups is 3. The summed E-state index contributed by atoms with van der Waals surface area (Å²) in [5, 5.41) is 7.15. The molecule has 2 N–H and O–H groups in total. The molecule has 2 heterocycles. The van der Waals surface area contributed by atoms with Crippen molar-refractivity contribution < 1.29 is 36.8 Å². The number of ether oxygens (including phenoxy) is 2. The summed E-state index contributed by atoms with van der Waals surface area (Å²) in [7, 11) is 0.790. The van der Waals surface area contributed by atoms with E-state index >= 15 is 0 Å². The fourth-order valence-corrected chi connectivity index (χ4v) is 7.56. The average Bonchev–Trinajstić information content (AvgIpc) is 2.91. The molecule has 0 radical (unpaired) electrons. The van der Waals surface area contributed by atoms with Crippen molar-refractivity contribution in [3.63, 3.8) is 0 Å². The summed E-state index contributed by atoms with van der Waals surface area (Å²) in [5.74, 6) is -4.17. The van der Waals surface area contributed by atoms with Gasteiger partial charge in [0.25, 0.3) is 10.1 Å². The Balaban J connectivity index is 1.74. The van der Waals surface area contributed by atoms with E-state index in [1.807, 2.05) is 38.1 Å². The van der Waals surface area contributed by atoms with Crippen molar-refractivity contribution in [2.75, 3.05) is 0 Å². The molecule has 0 bridgehead atoms. The largest absolute Gasteiger partial charge is 0.412 e. The fourth-order valence-electron chi connectivity index (χ4n) is 2.73. The van der Waals surface area contributed by atoms with Gasteiger partial charge in [-0.25, -0.2) is 9.97 Å². The van der Waals surface area contributed by atoms with Gasteiger partial charge in [0.05, 0.1) is 6.42 Å². The molecule has 3 unspecified atom stereocenters. The van der Waals surface area contributed by atoms with Crippen molar-refractivity contribution >= 4 is 77.1 Å². The molecular weight excluding hydrogens is 619 g/mol. The van der Waals surface area contributed by atoms with Crippen LogP contribution in [-0.4, -0.2) is 62.5 Å². The zero-order valence-corrected chi connectivity index (χ0v) is 25.7. The quantitative estimate of drug-likeness (QED) is 0.0605. The highest BCUT2D eigenvalue weighted by Gasteiger charge is 2.36. The number of carbonyl (C=O) groups excluding carboxylic acids is 3. The average molecular weight is 648 g/mol. The molecule has 0 aromatic carbocycles. The Kier molecular flexibility index (Phi) is 15.0. The maximum atomic E-state index is 12.3. The smallest absolute Gasteiger partial charge is 0.335 e. The number of aromatic nitrogens is 2. The molecule has 0 saturated heterocycles. The molecule has 0 aliphatic heterocycles. The number of nitrogens with one attached hydrogen (secondary N) is 1. The van der Waals surface area contributed by atoms with Crippen molar-refractivity contribution in [2.45, 2.75) is 71.8 Å². The second kappa shape index (κ2) is 17.6. The van der Waals surface area contributed by atoms with Gasteiger partial charge in [-0.1, -0.05) is 47.6 Å². The van der Waals surface area contributed by atoms with E-state index in [0.29, 0.717) is 12.8 Å². The molecule has 0 amide bonds. The predicted molar refractivity (Wildman–Crippen MR) is 158 cm³/mol. The van der Waals surface area contributed by atoms with Gasteiger partial charge < -0.3 is 9.47 Å². The molecule has 2 rings (SSSR count). The highest BCUT2D eigenvalue weighted by Crippen LogP contribution is 2.35. The third-order valence-electron chi connectivity index (χ3n) is 4.83. The van der Waals surface area contributed by atoms with Crippen LogP contribution in [0, 0.1) is 5.41 Å². The van der Waals surface area contributed by atoms with E-state index in [0.717, 1.165) is 10.1 Å². The van der Waals surface area contributed by atoms with Crippen LogP contribution in [0.15, 0.2) is 58.8 Å². The van der Waals surface area contributed by atoms with E-state index in [9.17, 15) is 27.4 Å². The van der Waals surface area contributed by atoms with Crippen LogP contribution < -0.4 is 0 Å². The van der Waals surface area contributed by atoms with Crippen LogP contribution in [0.4, 0.5) is 0 Å². The zero-order valence-electron chi connectivity index (χ0n) is 21.6. The molecule has 2 aromatic heterocycles. The van der Waals surface area contributed by atoms with Crippen LogP contribution in [0.3, 0.4) is 0 Å². The first kappa shape index (κ1) is 34.1. The summed E-state index contributed by atoms with van der Waals surface area (Å²) in [6.07, 6.45) is 2.87. The Labute approximate surface area is 248 Å². The standard InChI is InChI=1S/C24H29N3O8S5/c1-16(36-38-20-7-3-5-13-26-20)9-11-22(28)34-19(25)15-18(40(31,32)33)24(30)35-23(29)12-10-17(2)37-39-21-8-4-6-14-27-21/h3-8,13-14,16-18,25H,9-12,15H2,1-2H3,(H,31,32,33). The van der Waals surface area contributed by atoms with Gasteiger partial charge in [-0.15, -0.1) is 0 Å². The molecule has 0 aliphatic carbocycles. The van der Waals surface area contributed by atoms with Gasteiger partial charge in [0.15, 0.2) is 11.1 Å². The van der Waals surface area contributed by atoms with Crippen LogP contribution in [0.1, 0.15) is 46.0 Å². The van der Waals surface area contributed by atoms with Gasteiger partial charge in [-0.05, 0) is 58.7 Å². The van der Waals surface area contributed by atoms with Crippen molar-refractivity contribution in [1.82, 2.24) is 9.97 Å². The first-order chi connectivity index (χ1) is 18.9. The van der Waals surface area contributed by atoms with Crippen LogP contribution in [0.25, 0.3) is 0 Å². The lowest BCUT2D eigenvalue weighted by molar-refractivity contribution is -0.159. The minimum Gasteiger partial charge on any atom is -0.412 e. The summed E-state index contributed by atoms with van der Waals surface area (Å²) in [4.78, 5) is 44.9. The second-order valence-corrected chi connectivity index (χ2v) is 15.2. The number of hydrogen-bond acceptors (Lipinski definition) is 14. The molecule has 2 aromatic rings. The van der Waals surface area contributed by atoms with Crippen LogP contribution in [0.2, 0.25) is 0 Å². The monoisotopic (exact) mass is 647 g/mol. The molecule has 3 atom stereocenters. The van der Waals surface area contributed by atoms with Gasteiger partial charge in [-0.3, -0.25) is 24.3 Å². The summed E-state index contributed by atoms with van der Waals surface area (Å²) in [6.45, 7) is 3.77. The maximum Gasteiger partial charge on any atom is 0.335 e. The Morgan fingerprint density at radius 3 is 1.77 bits per heavy atom. The minimum absolute atomic E-state index is 0.0191. The van der Waals surface area contributed by atoms with Crippen LogP contribution in [0.5, 0.6) is 0 Å². The van der Waals surface area contributed by atoms with Crippen LogP contribution in [-0.2, 0) is 34.0 Å². The molecule has 16 heteroatoms. The minimum atomic E-state index is -5.06. The zero-order chi connectivity index (χ0) is 29.5. The third kappa shape index (κ3) is 14.0. The van der Waals surface area contributed by atoms with Gasteiger partial charge in [0, 0.05) is 35.7 Å². The van der Waals surface area contributed by atoms with E-state index in [1.54, 1.807) is 24.5 Å². The van der Waals surface area contributed by atoms with Crippen molar-refractivity contribution in [1.29, 1.82) is 5.41 Å². The highest BCUT2D eigenvalue weighted by atomic mass is 33.1. The number of esters is 3. The molecule has 0 aliphatic rings. The number of hydrogen-bond donors (Lipinski definition) is 2. The first-order valence-electron chi connectivity index (χ1n) is 11.9. The third-order valence-corrected chi connectivity index (χ3v) is 11.6. The Morgan fingerprint density at radius 2 is 1.35 bits per heavy atom. The topological polar surface area (TPSA) is 174 Å². The lowest BCUT2D eigenvalue weighted by Gasteiger charge is -2.14. The molecule has 0 fully saturated rings. The van der Waals surface area contributed by atoms with Gasteiger partial charge in [0.2, 0.25) is 0 Å². The van der Waals surface area contributed by atoms with Gasteiger partial charge >= 0.3 is 17.9 Å². The SMILES string of the molecule is CC(CCC(=O)OC(=N)CC(C(=O)OC(=O)CCC(C)SSc1ccccn1)S(=O)(=O)O)SSc1ccccn1. The Bertz CT molecular complexity index is 1240. The summed E-state index contributed by atoms with van der Waals surface area (Å²) < 4.78 is 42.4. The number of nitrogens with zero attached hydrogens (tertiary/aromatic N) is 2. The van der Waals surface area contributed by atoms with E-state index in [2.05, 4.69) is 14.7 Å². The van der Waals surface area contributed by atoms with Crippen molar-refractivity contribution in [2.24, 2.45) is 0 Å². The maximum absolute atomic E-state index is 12.3. The van der Waals surface area contributed by atoms with Crippen molar-refractivity contribution in [3.8, 4) is 0 Å². The summed E-state index contributed by atoms with van der Waals surface area (Å²) in [6, 6.07) is 11.0. The van der Waals surface area contributed by atoms with Crippen molar-refractivity contribution in [3.05, 3.63) is 48.8 Å². The predicted octanol–water partition coefficient (Wildman–Crippen LogP) is 5.23. The van der Waals surface area contributed by atoms with E-state index in [4.69, 9.17) is 10.1 Å². The van der Waals surface area contributed by atoms with E-state index < -0.39 is 45.6 Å². The number of rotatable bonds is 16. The normalized spacial score (nSPS) is 13.6. The molecule has 0 saturated carbocycles. The molecule has 40 heavy (non-hydrogen) atoms. The Morgan fingerprint density at radius 1 is 0.875 bits per heavy atom. The first-order valence-corrected chi connectivity index (χ1v) is 17.8. The lowest BCUT2D eigenvalue weighted by Crippen LogP contribution is -2.36. The van der Waals surface area contributed by atoms with Gasteiger partial charge in [0.1, 0.15) is 10.1 Å². The fraction of sp³-hybridized carbons (Fsp3) is 0.417. The van der Waals surface area contributed by atoms with Gasteiger partial charge in [-0.2, -0.15) is 8.42 Å². The molecule has 0 spiro atoms. The lowest BCUT2D eigenvalue weighted by atomic mass is 10.2. The summed E-state index contributed by atoms with van der Waals surface area (Å²) >= 11 is 0. The molecule has 218 valence electrons. The second-order valence-electron chi connectivity index (χ2n) is 8.29. The van der Waals surface area contributed by atoms with E-state index in [-0.39, 0.29) is 23.3 Å². The summed E-state index contributed by atoms with van der Waals surface area (Å²) in [5.41, 5.74) is 0. The number of pyridine rings is 2.